The predicted molar refractivity (Wildman–Crippen MR) is 69.0 cm³/mol. The Morgan fingerprint density at radius 2 is 2.56 bits per heavy atom. The molecule has 0 aliphatic carbocycles. The standard InChI is InChI=1S/C12H21N3S/c1-9(13-2)5-11-8-15-12(16-11)6-10-3-4-14-7-10/h8-10,13-14H,3-7H2,1-2H3. The number of nitrogens with zero attached hydrogens (tertiary/aromatic N) is 1. The molecule has 2 rings (SSSR count). The summed E-state index contributed by atoms with van der Waals surface area (Å²) < 4.78 is 0. The van der Waals surface area contributed by atoms with Crippen LogP contribution in [0.4, 0.5) is 0 Å². The number of likely N-dealkylation sites (N-methyl/N-ethyl adjacent to an activating group) is 1. The highest BCUT2D eigenvalue weighted by Gasteiger charge is 2.16. The van der Waals surface area contributed by atoms with Gasteiger partial charge in [0.05, 0.1) is 5.01 Å². The molecule has 2 heterocycles. The molecule has 0 amide bonds. The van der Waals surface area contributed by atoms with Gasteiger partial charge in [-0.1, -0.05) is 0 Å². The van der Waals surface area contributed by atoms with Crippen molar-refractivity contribution in [1.29, 1.82) is 0 Å². The Balaban J connectivity index is 1.86. The zero-order valence-electron chi connectivity index (χ0n) is 10.1. The maximum atomic E-state index is 4.53. The minimum Gasteiger partial charge on any atom is -0.317 e. The summed E-state index contributed by atoms with van der Waals surface area (Å²) in [4.78, 5) is 5.94. The van der Waals surface area contributed by atoms with E-state index in [1.165, 1.54) is 29.4 Å². The Hall–Kier alpha value is -0.450. The third kappa shape index (κ3) is 3.27. The second-order valence-electron chi connectivity index (χ2n) is 4.68. The van der Waals surface area contributed by atoms with Crippen LogP contribution in [-0.4, -0.2) is 31.2 Å². The van der Waals surface area contributed by atoms with Gasteiger partial charge >= 0.3 is 0 Å². The van der Waals surface area contributed by atoms with Gasteiger partial charge in [0, 0.05) is 23.5 Å². The van der Waals surface area contributed by atoms with E-state index < -0.39 is 0 Å². The third-order valence-corrected chi connectivity index (χ3v) is 4.27. The summed E-state index contributed by atoms with van der Waals surface area (Å²) in [6, 6.07) is 0.543. The van der Waals surface area contributed by atoms with Gasteiger partial charge in [-0.25, -0.2) is 4.98 Å². The highest BCUT2D eigenvalue weighted by molar-refractivity contribution is 7.11. The minimum atomic E-state index is 0.543. The van der Waals surface area contributed by atoms with E-state index >= 15 is 0 Å². The molecule has 0 saturated carbocycles. The molecule has 4 heteroatoms. The number of nitrogens with one attached hydrogen (secondary N) is 2. The molecule has 16 heavy (non-hydrogen) atoms. The lowest BCUT2D eigenvalue weighted by Crippen LogP contribution is -2.22. The van der Waals surface area contributed by atoms with Crippen molar-refractivity contribution in [2.24, 2.45) is 5.92 Å². The fraction of sp³-hybridized carbons (Fsp3) is 0.750. The second-order valence-corrected chi connectivity index (χ2v) is 5.88. The summed E-state index contributed by atoms with van der Waals surface area (Å²) in [5.41, 5.74) is 0. The molecule has 1 aromatic heterocycles. The van der Waals surface area contributed by atoms with Crippen molar-refractivity contribution in [1.82, 2.24) is 15.6 Å². The van der Waals surface area contributed by atoms with Gasteiger partial charge in [0.25, 0.3) is 0 Å². The van der Waals surface area contributed by atoms with E-state index in [1.54, 1.807) is 0 Å². The monoisotopic (exact) mass is 239 g/mol. The van der Waals surface area contributed by atoms with Gasteiger partial charge in [-0.05, 0) is 45.8 Å². The van der Waals surface area contributed by atoms with Crippen LogP contribution in [0.1, 0.15) is 23.2 Å². The summed E-state index contributed by atoms with van der Waals surface area (Å²) >= 11 is 1.88. The van der Waals surface area contributed by atoms with E-state index in [1.807, 2.05) is 18.4 Å². The minimum absolute atomic E-state index is 0.543. The molecule has 1 fully saturated rings. The molecule has 1 aromatic rings. The first-order chi connectivity index (χ1) is 7.78. The van der Waals surface area contributed by atoms with Gasteiger partial charge in [0.1, 0.15) is 0 Å². The average molecular weight is 239 g/mol. The van der Waals surface area contributed by atoms with Crippen LogP contribution >= 0.6 is 11.3 Å². The lowest BCUT2D eigenvalue weighted by atomic mass is 10.1. The molecule has 1 aliphatic rings. The summed E-state index contributed by atoms with van der Waals surface area (Å²) in [5.74, 6) is 0.806. The summed E-state index contributed by atoms with van der Waals surface area (Å²) in [6.07, 6.45) is 5.61. The topological polar surface area (TPSA) is 37.0 Å². The maximum Gasteiger partial charge on any atom is 0.0930 e. The normalized spacial score (nSPS) is 22.5. The first-order valence-electron chi connectivity index (χ1n) is 6.09. The van der Waals surface area contributed by atoms with Gasteiger partial charge < -0.3 is 10.6 Å². The third-order valence-electron chi connectivity index (χ3n) is 3.23. The van der Waals surface area contributed by atoms with Crippen molar-refractivity contribution < 1.29 is 0 Å². The van der Waals surface area contributed by atoms with Gasteiger partial charge in [-0.2, -0.15) is 0 Å². The fourth-order valence-electron chi connectivity index (χ4n) is 2.08. The van der Waals surface area contributed by atoms with E-state index in [4.69, 9.17) is 0 Å². The number of hydrogen-bond acceptors (Lipinski definition) is 4. The van der Waals surface area contributed by atoms with Crippen LogP contribution in [0.3, 0.4) is 0 Å². The van der Waals surface area contributed by atoms with Crippen LogP contribution in [0.25, 0.3) is 0 Å². The van der Waals surface area contributed by atoms with Crippen LogP contribution in [0.5, 0.6) is 0 Å². The molecule has 0 aromatic carbocycles. The highest BCUT2D eigenvalue weighted by Crippen LogP contribution is 2.20. The van der Waals surface area contributed by atoms with Gasteiger partial charge in [-0.3, -0.25) is 0 Å². The molecule has 0 radical (unpaired) electrons. The molecular weight excluding hydrogens is 218 g/mol. The van der Waals surface area contributed by atoms with E-state index in [9.17, 15) is 0 Å². The van der Waals surface area contributed by atoms with Crippen LogP contribution in [0.2, 0.25) is 0 Å². The van der Waals surface area contributed by atoms with Crippen LogP contribution in [0.15, 0.2) is 6.20 Å². The molecule has 1 saturated heterocycles. The Morgan fingerprint density at radius 3 is 3.25 bits per heavy atom. The Bertz CT molecular complexity index is 318. The number of aromatic nitrogens is 1. The Kier molecular flexibility index (Phi) is 4.32. The molecule has 2 unspecified atom stereocenters. The van der Waals surface area contributed by atoms with Crippen molar-refractivity contribution in [3.63, 3.8) is 0 Å². The smallest absolute Gasteiger partial charge is 0.0930 e. The highest BCUT2D eigenvalue weighted by atomic mass is 32.1. The zero-order valence-corrected chi connectivity index (χ0v) is 10.9. The first-order valence-corrected chi connectivity index (χ1v) is 6.91. The quantitative estimate of drug-likeness (QED) is 0.816. The number of hydrogen-bond donors (Lipinski definition) is 2. The predicted octanol–water partition coefficient (Wildman–Crippen LogP) is 1.45. The van der Waals surface area contributed by atoms with Crippen LogP contribution in [0, 0.1) is 5.92 Å². The van der Waals surface area contributed by atoms with Crippen molar-refractivity contribution >= 4 is 11.3 Å². The molecule has 0 bridgehead atoms. The fourth-order valence-corrected chi connectivity index (χ4v) is 3.24. The van der Waals surface area contributed by atoms with Crippen molar-refractivity contribution in [3.05, 3.63) is 16.1 Å². The van der Waals surface area contributed by atoms with Crippen LogP contribution < -0.4 is 10.6 Å². The molecule has 2 N–H and O–H groups in total. The second kappa shape index (κ2) is 5.75. The van der Waals surface area contributed by atoms with Crippen molar-refractivity contribution in [2.75, 3.05) is 20.1 Å². The van der Waals surface area contributed by atoms with Gasteiger partial charge in [0.15, 0.2) is 0 Å². The summed E-state index contributed by atoms with van der Waals surface area (Å²) in [5, 5.41) is 7.98. The summed E-state index contributed by atoms with van der Waals surface area (Å²) in [7, 11) is 2.01. The van der Waals surface area contributed by atoms with Crippen molar-refractivity contribution in [2.45, 2.75) is 32.2 Å². The molecular formula is C12H21N3S. The lowest BCUT2D eigenvalue weighted by molar-refractivity contribution is 0.578. The molecule has 90 valence electrons. The van der Waals surface area contributed by atoms with E-state index in [2.05, 4.69) is 28.7 Å². The Morgan fingerprint density at radius 1 is 1.69 bits per heavy atom. The van der Waals surface area contributed by atoms with Crippen LogP contribution in [-0.2, 0) is 12.8 Å². The molecule has 0 spiro atoms. The summed E-state index contributed by atoms with van der Waals surface area (Å²) in [6.45, 7) is 4.56. The molecule has 3 nitrogen and oxygen atoms in total. The van der Waals surface area contributed by atoms with Gasteiger partial charge in [0.2, 0.25) is 0 Å². The van der Waals surface area contributed by atoms with Crippen molar-refractivity contribution in [3.8, 4) is 0 Å². The largest absolute Gasteiger partial charge is 0.317 e. The van der Waals surface area contributed by atoms with E-state index in [0.717, 1.165) is 18.8 Å². The van der Waals surface area contributed by atoms with E-state index in [-0.39, 0.29) is 0 Å². The maximum absolute atomic E-state index is 4.53. The Labute approximate surface area is 102 Å². The van der Waals surface area contributed by atoms with Gasteiger partial charge in [-0.15, -0.1) is 11.3 Å². The number of rotatable bonds is 5. The lowest BCUT2D eigenvalue weighted by Gasteiger charge is -2.07. The SMILES string of the molecule is CNC(C)Cc1cnc(CC2CCNC2)s1. The van der Waals surface area contributed by atoms with E-state index in [0.29, 0.717) is 6.04 Å². The number of thiazole rings is 1. The first kappa shape index (κ1) is 12.0. The average Bonchev–Trinajstić information content (AvgIpc) is 2.91. The molecule has 2 atom stereocenters. The molecule has 1 aliphatic heterocycles. The zero-order chi connectivity index (χ0) is 11.4.